The topological polar surface area (TPSA) is 43.6 Å². The van der Waals surface area contributed by atoms with Gasteiger partial charge in [-0.2, -0.15) is 0 Å². The predicted octanol–water partition coefficient (Wildman–Crippen LogP) is 11.3. The van der Waals surface area contributed by atoms with Crippen molar-refractivity contribution in [1.29, 1.82) is 0 Å². The van der Waals surface area contributed by atoms with Crippen molar-refractivity contribution in [2.45, 2.75) is 0 Å². The van der Waals surface area contributed by atoms with Crippen molar-refractivity contribution >= 4 is 21.8 Å². The van der Waals surface area contributed by atoms with Gasteiger partial charge in [0.2, 0.25) is 0 Å². The van der Waals surface area contributed by atoms with Crippen molar-refractivity contribution in [1.82, 2.24) is 19.5 Å². The SMILES string of the molecule is c1ccc(-c2cccc(-c3ccc(-n4c5ccccc5c5ccc(-c6nc(-c7ccccc7)nc(-c7ccccc7)n6)cc54)cc3)c2)cc1. The molecule has 0 saturated heterocycles. The summed E-state index contributed by atoms with van der Waals surface area (Å²) >= 11 is 0. The minimum absolute atomic E-state index is 0.639. The Morgan fingerprint density at radius 3 is 1.35 bits per heavy atom. The van der Waals surface area contributed by atoms with Gasteiger partial charge < -0.3 is 4.57 Å². The van der Waals surface area contributed by atoms with E-state index in [4.69, 9.17) is 15.0 Å². The first kappa shape index (κ1) is 28.6. The fraction of sp³-hybridized carbons (Fsp3) is 0. The summed E-state index contributed by atoms with van der Waals surface area (Å²) in [6.07, 6.45) is 0. The predicted molar refractivity (Wildman–Crippen MR) is 201 cm³/mol. The van der Waals surface area contributed by atoms with Gasteiger partial charge in [-0.05, 0) is 52.6 Å². The zero-order valence-corrected chi connectivity index (χ0v) is 26.6. The first-order valence-electron chi connectivity index (χ1n) is 16.5. The average Bonchev–Trinajstić information content (AvgIpc) is 3.52. The molecular weight excluding hydrogens is 597 g/mol. The van der Waals surface area contributed by atoms with Gasteiger partial charge in [-0.15, -0.1) is 0 Å². The van der Waals surface area contributed by atoms with Crippen LogP contribution < -0.4 is 0 Å². The highest BCUT2D eigenvalue weighted by Crippen LogP contribution is 2.36. The molecule has 0 saturated carbocycles. The van der Waals surface area contributed by atoms with E-state index in [0.29, 0.717) is 17.5 Å². The maximum Gasteiger partial charge on any atom is 0.164 e. The standard InChI is InChI=1S/C45H30N4/c1-4-13-31(14-5-1)35-19-12-20-36(29-35)32-23-26-38(27-24-32)49-41-22-11-10-21-39(41)40-28-25-37(30-42(40)49)45-47-43(33-15-6-2-7-16-33)46-44(48-45)34-17-8-3-9-18-34/h1-30H. The van der Waals surface area contributed by atoms with E-state index in [1.54, 1.807) is 0 Å². The molecule has 9 rings (SSSR count). The monoisotopic (exact) mass is 626 g/mol. The van der Waals surface area contributed by atoms with Gasteiger partial charge >= 0.3 is 0 Å². The largest absolute Gasteiger partial charge is 0.309 e. The Hall–Kier alpha value is -6.65. The van der Waals surface area contributed by atoms with Gasteiger partial charge in [-0.25, -0.2) is 15.0 Å². The molecule has 49 heavy (non-hydrogen) atoms. The molecule has 2 aromatic heterocycles. The van der Waals surface area contributed by atoms with Gasteiger partial charge in [0.05, 0.1) is 11.0 Å². The molecule has 0 aliphatic heterocycles. The number of fused-ring (bicyclic) bond motifs is 3. The molecule has 2 heterocycles. The molecule has 9 aromatic rings. The maximum absolute atomic E-state index is 5.01. The molecular formula is C45H30N4. The molecule has 0 amide bonds. The van der Waals surface area contributed by atoms with Crippen LogP contribution in [0.15, 0.2) is 182 Å². The highest BCUT2D eigenvalue weighted by atomic mass is 15.0. The molecule has 0 fully saturated rings. The van der Waals surface area contributed by atoms with Crippen LogP contribution in [0, 0.1) is 0 Å². The van der Waals surface area contributed by atoms with Crippen LogP contribution in [0.25, 0.3) is 83.9 Å². The third kappa shape index (κ3) is 5.35. The Morgan fingerprint density at radius 1 is 0.286 bits per heavy atom. The Bertz CT molecular complexity index is 2520. The number of benzene rings is 7. The summed E-state index contributed by atoms with van der Waals surface area (Å²) in [6, 6.07) is 63.5. The normalized spacial score (nSPS) is 11.3. The van der Waals surface area contributed by atoms with Gasteiger partial charge in [0.25, 0.3) is 0 Å². The van der Waals surface area contributed by atoms with E-state index < -0.39 is 0 Å². The van der Waals surface area contributed by atoms with E-state index in [0.717, 1.165) is 33.4 Å². The Balaban J connectivity index is 1.17. The second-order valence-electron chi connectivity index (χ2n) is 12.1. The van der Waals surface area contributed by atoms with E-state index in [-0.39, 0.29) is 0 Å². The third-order valence-corrected chi connectivity index (χ3v) is 9.06. The molecule has 0 bridgehead atoms. The van der Waals surface area contributed by atoms with Gasteiger partial charge in [0.15, 0.2) is 17.5 Å². The lowest BCUT2D eigenvalue weighted by molar-refractivity contribution is 1.07. The van der Waals surface area contributed by atoms with Gasteiger partial charge in [-0.3, -0.25) is 0 Å². The van der Waals surface area contributed by atoms with E-state index >= 15 is 0 Å². The highest BCUT2D eigenvalue weighted by molar-refractivity contribution is 6.10. The Kier molecular flexibility index (Phi) is 7.10. The first-order chi connectivity index (χ1) is 24.3. The number of hydrogen-bond donors (Lipinski definition) is 0. The zero-order valence-electron chi connectivity index (χ0n) is 26.6. The van der Waals surface area contributed by atoms with Crippen molar-refractivity contribution < 1.29 is 0 Å². The van der Waals surface area contributed by atoms with Crippen LogP contribution in [0.5, 0.6) is 0 Å². The quantitative estimate of drug-likeness (QED) is 0.184. The molecule has 4 heteroatoms. The number of rotatable bonds is 6. The number of nitrogens with zero attached hydrogens (tertiary/aromatic N) is 4. The maximum atomic E-state index is 5.01. The van der Waals surface area contributed by atoms with Crippen LogP contribution in [0.3, 0.4) is 0 Å². The molecule has 0 aliphatic carbocycles. The van der Waals surface area contributed by atoms with Crippen molar-refractivity contribution in [2.24, 2.45) is 0 Å². The smallest absolute Gasteiger partial charge is 0.164 e. The van der Waals surface area contributed by atoms with Gasteiger partial charge in [0.1, 0.15) is 0 Å². The minimum Gasteiger partial charge on any atom is -0.309 e. The summed E-state index contributed by atoms with van der Waals surface area (Å²) in [5.74, 6) is 1.94. The van der Waals surface area contributed by atoms with E-state index in [1.807, 2.05) is 60.7 Å². The third-order valence-electron chi connectivity index (χ3n) is 9.06. The lowest BCUT2D eigenvalue weighted by Crippen LogP contribution is -2.00. The zero-order chi connectivity index (χ0) is 32.6. The lowest BCUT2D eigenvalue weighted by Gasteiger charge is -2.11. The first-order valence-corrected chi connectivity index (χ1v) is 16.5. The molecule has 0 spiro atoms. The van der Waals surface area contributed by atoms with Crippen molar-refractivity contribution in [3.63, 3.8) is 0 Å². The van der Waals surface area contributed by atoms with E-state index in [9.17, 15) is 0 Å². The Morgan fingerprint density at radius 2 is 0.735 bits per heavy atom. The molecule has 0 radical (unpaired) electrons. The number of hydrogen-bond acceptors (Lipinski definition) is 3. The Labute approximate surface area is 284 Å². The van der Waals surface area contributed by atoms with Gasteiger partial charge in [-0.1, -0.05) is 152 Å². The van der Waals surface area contributed by atoms with Crippen molar-refractivity contribution in [3.8, 4) is 62.1 Å². The summed E-state index contributed by atoms with van der Waals surface area (Å²) < 4.78 is 2.34. The van der Waals surface area contributed by atoms with Gasteiger partial charge in [0, 0.05) is 33.2 Å². The minimum atomic E-state index is 0.639. The van der Waals surface area contributed by atoms with Crippen LogP contribution >= 0.6 is 0 Å². The number of para-hydroxylation sites is 1. The van der Waals surface area contributed by atoms with Crippen LogP contribution in [0.1, 0.15) is 0 Å². The summed E-state index contributed by atoms with van der Waals surface area (Å²) in [5.41, 5.74) is 11.0. The summed E-state index contributed by atoms with van der Waals surface area (Å²) in [7, 11) is 0. The van der Waals surface area contributed by atoms with Crippen molar-refractivity contribution in [2.75, 3.05) is 0 Å². The fourth-order valence-electron chi connectivity index (χ4n) is 6.64. The summed E-state index contributed by atoms with van der Waals surface area (Å²) in [4.78, 5) is 14.9. The lowest BCUT2D eigenvalue weighted by atomic mass is 9.99. The molecule has 7 aromatic carbocycles. The van der Waals surface area contributed by atoms with E-state index in [2.05, 4.69) is 126 Å². The average molecular weight is 627 g/mol. The van der Waals surface area contributed by atoms with Crippen LogP contribution in [-0.4, -0.2) is 19.5 Å². The highest BCUT2D eigenvalue weighted by Gasteiger charge is 2.16. The van der Waals surface area contributed by atoms with Crippen LogP contribution in [0.2, 0.25) is 0 Å². The fourth-order valence-corrected chi connectivity index (χ4v) is 6.64. The molecule has 0 unspecified atom stereocenters. The molecule has 230 valence electrons. The molecule has 0 atom stereocenters. The molecule has 0 aliphatic rings. The molecule has 4 nitrogen and oxygen atoms in total. The second kappa shape index (κ2) is 12.2. The van der Waals surface area contributed by atoms with Crippen LogP contribution in [0.4, 0.5) is 0 Å². The van der Waals surface area contributed by atoms with Crippen LogP contribution in [-0.2, 0) is 0 Å². The summed E-state index contributed by atoms with van der Waals surface area (Å²) in [6.45, 7) is 0. The molecule has 0 N–H and O–H groups in total. The van der Waals surface area contributed by atoms with Crippen molar-refractivity contribution in [3.05, 3.63) is 182 Å². The number of aromatic nitrogens is 4. The van der Waals surface area contributed by atoms with E-state index in [1.165, 1.54) is 33.0 Å². The summed E-state index contributed by atoms with van der Waals surface area (Å²) in [5, 5.41) is 2.38. The second-order valence-corrected chi connectivity index (χ2v) is 12.1.